The standard InChI is InChI=1S/C15H11NO3/c17-10-13-6-5-12(19-13)9-16-8-7-11-3-1-2-4-14(11)15(16)18/h1-8,10H,9H2. The Morgan fingerprint density at radius 1 is 1.11 bits per heavy atom. The Morgan fingerprint density at radius 3 is 2.74 bits per heavy atom. The maximum Gasteiger partial charge on any atom is 0.258 e. The summed E-state index contributed by atoms with van der Waals surface area (Å²) in [6.07, 6.45) is 2.38. The Kier molecular flexibility index (Phi) is 2.76. The van der Waals surface area contributed by atoms with Crippen molar-refractivity contribution >= 4 is 17.1 Å². The summed E-state index contributed by atoms with van der Waals surface area (Å²) in [5.41, 5.74) is -0.0675. The minimum atomic E-state index is -0.0675. The summed E-state index contributed by atoms with van der Waals surface area (Å²) in [7, 11) is 0. The van der Waals surface area contributed by atoms with Crippen LogP contribution >= 0.6 is 0 Å². The molecule has 1 aromatic carbocycles. The molecule has 0 aliphatic rings. The van der Waals surface area contributed by atoms with Crippen LogP contribution < -0.4 is 5.56 Å². The predicted molar refractivity (Wildman–Crippen MR) is 71.4 cm³/mol. The molecule has 0 saturated carbocycles. The Bertz CT molecular complexity index is 798. The molecule has 3 rings (SSSR count). The van der Waals surface area contributed by atoms with Crippen LogP contribution in [0.25, 0.3) is 10.8 Å². The van der Waals surface area contributed by atoms with Crippen LogP contribution in [0.3, 0.4) is 0 Å². The molecule has 0 aliphatic heterocycles. The van der Waals surface area contributed by atoms with Gasteiger partial charge in [-0.1, -0.05) is 18.2 Å². The fourth-order valence-corrected chi connectivity index (χ4v) is 2.07. The summed E-state index contributed by atoms with van der Waals surface area (Å²) < 4.78 is 6.84. The van der Waals surface area contributed by atoms with Gasteiger partial charge in [0.1, 0.15) is 5.76 Å². The van der Waals surface area contributed by atoms with E-state index in [1.807, 2.05) is 24.3 Å². The van der Waals surface area contributed by atoms with Crippen molar-refractivity contribution < 1.29 is 9.21 Å². The molecule has 0 amide bonds. The van der Waals surface area contributed by atoms with Crippen LogP contribution in [0.1, 0.15) is 16.3 Å². The SMILES string of the molecule is O=Cc1ccc(Cn2ccc3ccccc3c2=O)o1. The lowest BCUT2D eigenvalue weighted by Crippen LogP contribution is -2.19. The quantitative estimate of drug-likeness (QED) is 0.674. The smallest absolute Gasteiger partial charge is 0.258 e. The van der Waals surface area contributed by atoms with Crippen molar-refractivity contribution in [2.24, 2.45) is 0 Å². The average molecular weight is 253 g/mol. The molecule has 0 N–H and O–H groups in total. The number of aromatic nitrogens is 1. The van der Waals surface area contributed by atoms with E-state index in [9.17, 15) is 9.59 Å². The van der Waals surface area contributed by atoms with E-state index in [2.05, 4.69) is 0 Å². The number of benzene rings is 1. The van der Waals surface area contributed by atoms with E-state index in [1.54, 1.807) is 29.0 Å². The molecule has 3 aromatic rings. The first-order chi connectivity index (χ1) is 9.28. The number of carbonyl (C=O) groups is 1. The van der Waals surface area contributed by atoms with Gasteiger partial charge in [0, 0.05) is 11.6 Å². The highest BCUT2D eigenvalue weighted by molar-refractivity contribution is 5.81. The van der Waals surface area contributed by atoms with E-state index in [0.29, 0.717) is 24.0 Å². The molecule has 0 unspecified atom stereocenters. The van der Waals surface area contributed by atoms with Crippen LogP contribution in [-0.4, -0.2) is 10.9 Å². The third-order valence-electron chi connectivity index (χ3n) is 3.01. The van der Waals surface area contributed by atoms with Gasteiger partial charge in [0.15, 0.2) is 12.0 Å². The Hall–Kier alpha value is -2.62. The molecule has 4 heteroatoms. The molecular weight excluding hydrogens is 242 g/mol. The second-order valence-electron chi connectivity index (χ2n) is 4.26. The fourth-order valence-electron chi connectivity index (χ4n) is 2.07. The first-order valence-corrected chi connectivity index (χ1v) is 5.90. The zero-order chi connectivity index (χ0) is 13.2. The topological polar surface area (TPSA) is 52.2 Å². The first-order valence-electron chi connectivity index (χ1n) is 5.90. The number of furan rings is 1. The minimum absolute atomic E-state index is 0.0675. The first kappa shape index (κ1) is 11.5. The van der Waals surface area contributed by atoms with Gasteiger partial charge in [0.2, 0.25) is 0 Å². The van der Waals surface area contributed by atoms with Gasteiger partial charge in [-0.2, -0.15) is 0 Å². The van der Waals surface area contributed by atoms with Gasteiger partial charge in [0.05, 0.1) is 6.54 Å². The van der Waals surface area contributed by atoms with Gasteiger partial charge in [-0.3, -0.25) is 9.59 Å². The lowest BCUT2D eigenvalue weighted by molar-refractivity contribution is 0.109. The molecule has 2 heterocycles. The number of pyridine rings is 1. The molecule has 2 aromatic heterocycles. The maximum absolute atomic E-state index is 12.3. The second kappa shape index (κ2) is 4.57. The van der Waals surface area contributed by atoms with Crippen LogP contribution in [0.5, 0.6) is 0 Å². The number of aldehydes is 1. The largest absolute Gasteiger partial charge is 0.456 e. The van der Waals surface area contributed by atoms with Crippen LogP contribution in [0.15, 0.2) is 57.9 Å². The van der Waals surface area contributed by atoms with Gasteiger partial charge in [-0.15, -0.1) is 0 Å². The lowest BCUT2D eigenvalue weighted by atomic mass is 10.2. The second-order valence-corrected chi connectivity index (χ2v) is 4.26. The van der Waals surface area contributed by atoms with E-state index < -0.39 is 0 Å². The number of fused-ring (bicyclic) bond motifs is 1. The third-order valence-corrected chi connectivity index (χ3v) is 3.01. The van der Waals surface area contributed by atoms with Gasteiger partial charge in [0.25, 0.3) is 5.56 Å². The van der Waals surface area contributed by atoms with Crippen molar-refractivity contribution in [3.63, 3.8) is 0 Å². The minimum Gasteiger partial charge on any atom is -0.456 e. The molecule has 0 fully saturated rings. The molecule has 0 spiro atoms. The summed E-state index contributed by atoms with van der Waals surface area (Å²) in [5.74, 6) is 0.850. The highest BCUT2D eigenvalue weighted by Gasteiger charge is 2.05. The number of hydrogen-bond acceptors (Lipinski definition) is 3. The summed E-state index contributed by atoms with van der Waals surface area (Å²) >= 11 is 0. The summed E-state index contributed by atoms with van der Waals surface area (Å²) in [6.45, 7) is 0.317. The van der Waals surface area contributed by atoms with Crippen LogP contribution in [-0.2, 0) is 6.54 Å². The van der Waals surface area contributed by atoms with Crippen molar-refractivity contribution in [1.82, 2.24) is 4.57 Å². The number of carbonyl (C=O) groups excluding carboxylic acids is 1. The Morgan fingerprint density at radius 2 is 1.95 bits per heavy atom. The maximum atomic E-state index is 12.3. The van der Waals surface area contributed by atoms with Crippen LogP contribution in [0, 0.1) is 0 Å². The molecule has 94 valence electrons. The molecule has 0 atom stereocenters. The van der Waals surface area contributed by atoms with Crippen LogP contribution in [0.2, 0.25) is 0 Å². The van der Waals surface area contributed by atoms with Gasteiger partial charge < -0.3 is 8.98 Å². The Labute approximate surface area is 108 Å². The van der Waals surface area contributed by atoms with E-state index in [4.69, 9.17) is 4.42 Å². The molecular formula is C15H11NO3. The van der Waals surface area contributed by atoms with Gasteiger partial charge >= 0.3 is 0 Å². The summed E-state index contributed by atoms with van der Waals surface area (Å²) in [5, 5.41) is 1.59. The van der Waals surface area contributed by atoms with Crippen LogP contribution in [0.4, 0.5) is 0 Å². The highest BCUT2D eigenvalue weighted by Crippen LogP contribution is 2.10. The van der Waals surface area contributed by atoms with Crippen molar-refractivity contribution in [3.8, 4) is 0 Å². The monoisotopic (exact) mass is 253 g/mol. The lowest BCUT2D eigenvalue weighted by Gasteiger charge is -2.05. The molecule has 0 bridgehead atoms. The zero-order valence-electron chi connectivity index (χ0n) is 10.1. The number of rotatable bonds is 3. The van der Waals surface area contributed by atoms with Gasteiger partial charge in [-0.25, -0.2) is 0 Å². The van der Waals surface area contributed by atoms with E-state index in [1.165, 1.54) is 0 Å². The van der Waals surface area contributed by atoms with E-state index in [-0.39, 0.29) is 11.3 Å². The van der Waals surface area contributed by atoms with Gasteiger partial charge in [-0.05, 0) is 29.7 Å². The zero-order valence-corrected chi connectivity index (χ0v) is 10.1. The molecule has 4 nitrogen and oxygen atoms in total. The fraction of sp³-hybridized carbons (Fsp3) is 0.0667. The number of nitrogens with zero attached hydrogens (tertiary/aromatic N) is 1. The van der Waals surface area contributed by atoms with E-state index in [0.717, 1.165) is 5.39 Å². The van der Waals surface area contributed by atoms with Crippen molar-refractivity contribution in [3.05, 3.63) is 70.5 Å². The van der Waals surface area contributed by atoms with Crippen molar-refractivity contribution in [2.75, 3.05) is 0 Å². The third kappa shape index (κ3) is 2.08. The molecule has 0 aliphatic carbocycles. The van der Waals surface area contributed by atoms with E-state index >= 15 is 0 Å². The van der Waals surface area contributed by atoms with Crippen molar-refractivity contribution in [2.45, 2.75) is 6.54 Å². The Balaban J connectivity index is 2.03. The van der Waals surface area contributed by atoms with Crippen molar-refractivity contribution in [1.29, 1.82) is 0 Å². The normalized spacial score (nSPS) is 10.7. The summed E-state index contributed by atoms with van der Waals surface area (Å²) in [4.78, 5) is 22.8. The molecule has 19 heavy (non-hydrogen) atoms. The average Bonchev–Trinajstić information content (AvgIpc) is 2.90. The predicted octanol–water partition coefficient (Wildman–Crippen LogP) is 2.46. The molecule has 0 saturated heterocycles. The molecule has 0 radical (unpaired) electrons. The number of hydrogen-bond donors (Lipinski definition) is 0. The summed E-state index contributed by atoms with van der Waals surface area (Å²) in [6, 6.07) is 12.6. The highest BCUT2D eigenvalue weighted by atomic mass is 16.3.